The highest BCUT2D eigenvalue weighted by Crippen LogP contribution is 2.46. The zero-order chi connectivity index (χ0) is 47.4. The number of benzene rings is 7. The van der Waals surface area contributed by atoms with Gasteiger partial charge in [-0.2, -0.15) is 0 Å². The van der Waals surface area contributed by atoms with Crippen LogP contribution >= 0.6 is 0 Å². The van der Waals surface area contributed by atoms with Crippen molar-refractivity contribution >= 4 is 17.4 Å². The minimum atomic E-state index is -0.582. The number of rotatable bonds is 21. The number of amides is 1. The Kier molecular flexibility index (Phi) is 15.9. The predicted molar refractivity (Wildman–Crippen MR) is 260 cm³/mol. The summed E-state index contributed by atoms with van der Waals surface area (Å²) in [6.07, 6.45) is -1.93. The molecule has 0 unspecified atom stereocenters. The SMILES string of the molecule is O=C(CC[C@H]1C(=O)N(c2ccc(F)cc2)[C@@H]1c1ccc(C[C@@H]2O[C@H](COCc3ccccc3)[C@@H](OCc3ccccc3)[C@H](OCc3ccccc3)[C@H]2OCc2ccccc2)cc1)c1ccc(F)cc1. The normalized spacial score (nSPS) is 21.2. The molecule has 0 saturated carbocycles. The lowest BCUT2D eigenvalue weighted by atomic mass is 9.78. The van der Waals surface area contributed by atoms with Gasteiger partial charge in [0.2, 0.25) is 5.91 Å². The molecule has 69 heavy (non-hydrogen) atoms. The highest BCUT2D eigenvalue weighted by atomic mass is 19.1. The van der Waals surface area contributed by atoms with Gasteiger partial charge in [-0.3, -0.25) is 9.59 Å². The number of nitrogens with zero attached hydrogens (tertiary/aromatic N) is 1. The van der Waals surface area contributed by atoms with Crippen LogP contribution in [0.15, 0.2) is 194 Å². The molecule has 9 rings (SSSR count). The van der Waals surface area contributed by atoms with Gasteiger partial charge in [-0.1, -0.05) is 146 Å². The Labute approximate surface area is 402 Å². The summed E-state index contributed by atoms with van der Waals surface area (Å²) in [4.78, 5) is 28.7. The fourth-order valence-electron chi connectivity index (χ4n) is 9.30. The van der Waals surface area contributed by atoms with Crippen LogP contribution in [0.3, 0.4) is 0 Å². The standard InChI is InChI=1S/C59H55F2NO7/c60-48-27-25-46(26-28-48)52(63)34-33-51-55(62(59(51)64)50-31-29-49(61)30-32-50)47-23-21-41(22-24-47)35-53-56(66-37-43-15-7-2-8-16-43)58(68-39-45-19-11-4-12-20-45)57(67-38-44-17-9-3-10-18-44)54(69-53)40-65-36-42-13-5-1-6-14-42/h1-32,51,53-58H,33-40H2/t51-,53+,54-,55-,56+,57-,58-/m1/s1. The second kappa shape index (κ2) is 23.1. The van der Waals surface area contributed by atoms with E-state index in [4.69, 9.17) is 23.7 Å². The number of ketones is 1. The van der Waals surface area contributed by atoms with Crippen LogP contribution in [0.1, 0.15) is 62.6 Å². The summed E-state index contributed by atoms with van der Waals surface area (Å²) in [5.41, 5.74) is 6.87. The Morgan fingerprint density at radius 3 is 1.49 bits per heavy atom. The average Bonchev–Trinajstić information content (AvgIpc) is 3.39. The first-order chi connectivity index (χ1) is 33.9. The maximum atomic E-state index is 14.1. The zero-order valence-corrected chi connectivity index (χ0v) is 38.2. The molecule has 7 atom stereocenters. The van der Waals surface area contributed by atoms with E-state index in [9.17, 15) is 18.4 Å². The van der Waals surface area contributed by atoms with Crippen molar-refractivity contribution in [3.8, 4) is 0 Å². The highest BCUT2D eigenvalue weighted by Gasteiger charge is 2.50. The van der Waals surface area contributed by atoms with Crippen LogP contribution < -0.4 is 4.90 Å². The minimum Gasteiger partial charge on any atom is -0.374 e. The average molecular weight is 928 g/mol. The van der Waals surface area contributed by atoms with E-state index >= 15 is 0 Å². The molecule has 2 fully saturated rings. The number of anilines is 1. The largest absolute Gasteiger partial charge is 0.374 e. The van der Waals surface area contributed by atoms with Gasteiger partial charge >= 0.3 is 0 Å². The fourth-order valence-corrected chi connectivity index (χ4v) is 9.30. The lowest BCUT2D eigenvalue weighted by Gasteiger charge is -2.48. The van der Waals surface area contributed by atoms with Crippen LogP contribution in [0, 0.1) is 17.6 Å². The van der Waals surface area contributed by atoms with Gasteiger partial charge in [0, 0.05) is 24.1 Å². The second-order valence-electron chi connectivity index (χ2n) is 17.6. The molecule has 7 aromatic carbocycles. The van der Waals surface area contributed by atoms with Crippen LogP contribution in [0.25, 0.3) is 0 Å². The van der Waals surface area contributed by atoms with Gasteiger partial charge in [-0.25, -0.2) is 8.78 Å². The number of hydrogen-bond donors (Lipinski definition) is 0. The molecule has 0 radical (unpaired) electrons. The highest BCUT2D eigenvalue weighted by molar-refractivity contribution is 6.04. The van der Waals surface area contributed by atoms with Crippen LogP contribution in [0.5, 0.6) is 0 Å². The first-order valence-electron chi connectivity index (χ1n) is 23.6. The maximum Gasteiger partial charge on any atom is 0.233 e. The van der Waals surface area contributed by atoms with Crippen molar-refractivity contribution in [3.05, 3.63) is 245 Å². The van der Waals surface area contributed by atoms with E-state index in [-0.39, 0.29) is 24.7 Å². The topological polar surface area (TPSA) is 83.5 Å². The van der Waals surface area contributed by atoms with Crippen molar-refractivity contribution in [2.75, 3.05) is 11.5 Å². The Morgan fingerprint density at radius 1 is 0.507 bits per heavy atom. The van der Waals surface area contributed by atoms with Crippen molar-refractivity contribution in [1.29, 1.82) is 0 Å². The monoisotopic (exact) mass is 927 g/mol. The van der Waals surface area contributed by atoms with Gasteiger partial charge in [-0.15, -0.1) is 0 Å². The van der Waals surface area contributed by atoms with Crippen molar-refractivity contribution in [2.24, 2.45) is 5.92 Å². The molecule has 0 bridgehead atoms. The van der Waals surface area contributed by atoms with E-state index in [2.05, 4.69) is 0 Å². The van der Waals surface area contributed by atoms with Crippen LogP contribution in [-0.4, -0.2) is 48.8 Å². The smallest absolute Gasteiger partial charge is 0.233 e. The molecule has 352 valence electrons. The van der Waals surface area contributed by atoms with E-state index in [1.54, 1.807) is 17.0 Å². The van der Waals surface area contributed by atoms with Gasteiger partial charge in [-0.05, 0) is 88.3 Å². The summed E-state index contributed by atoms with van der Waals surface area (Å²) in [5, 5.41) is 0. The number of halogens is 2. The van der Waals surface area contributed by atoms with Gasteiger partial charge < -0.3 is 28.6 Å². The summed E-state index contributed by atoms with van der Waals surface area (Å²) in [6.45, 7) is 1.59. The Bertz CT molecular complexity index is 2690. The van der Waals surface area contributed by atoms with E-state index in [1.807, 2.05) is 146 Å². The van der Waals surface area contributed by atoms with E-state index in [0.29, 0.717) is 50.5 Å². The minimum absolute atomic E-state index is 0.108. The van der Waals surface area contributed by atoms with Crippen molar-refractivity contribution in [2.45, 2.75) is 82.3 Å². The summed E-state index contributed by atoms with van der Waals surface area (Å²) in [7, 11) is 0. The van der Waals surface area contributed by atoms with Gasteiger partial charge in [0.05, 0.1) is 51.1 Å². The summed E-state index contributed by atoms with van der Waals surface area (Å²) < 4.78 is 62.1. The fraction of sp³-hybridized carbons (Fsp3) is 0.254. The molecule has 8 nitrogen and oxygen atoms in total. The van der Waals surface area contributed by atoms with Crippen LogP contribution in [0.4, 0.5) is 14.5 Å². The molecule has 10 heteroatoms. The Balaban J connectivity index is 1.01. The van der Waals surface area contributed by atoms with Crippen molar-refractivity contribution < 1.29 is 42.1 Å². The van der Waals surface area contributed by atoms with Gasteiger partial charge in [0.1, 0.15) is 36.1 Å². The molecular weight excluding hydrogens is 873 g/mol. The van der Waals surface area contributed by atoms with Crippen molar-refractivity contribution in [3.63, 3.8) is 0 Å². The number of carbonyl (C=O) groups excluding carboxylic acids is 2. The molecule has 0 aliphatic carbocycles. The summed E-state index contributed by atoms with van der Waals surface area (Å²) in [6, 6.07) is 59.2. The molecule has 0 N–H and O–H groups in total. The lowest BCUT2D eigenvalue weighted by molar-refractivity contribution is -0.272. The summed E-state index contributed by atoms with van der Waals surface area (Å²) >= 11 is 0. The molecule has 1 amide bonds. The second-order valence-corrected chi connectivity index (χ2v) is 17.6. The predicted octanol–water partition coefficient (Wildman–Crippen LogP) is 11.6. The third-order valence-corrected chi connectivity index (χ3v) is 12.9. The van der Waals surface area contributed by atoms with Crippen LogP contribution in [0.2, 0.25) is 0 Å². The third kappa shape index (κ3) is 12.1. The van der Waals surface area contributed by atoms with E-state index < -0.39 is 54.1 Å². The quantitative estimate of drug-likeness (QED) is 0.0524. The molecule has 2 aliphatic heterocycles. The number of β-lactam (4-membered cyclic amide) rings is 1. The maximum absolute atomic E-state index is 14.1. The molecule has 2 aliphatic rings. The third-order valence-electron chi connectivity index (χ3n) is 12.9. The van der Waals surface area contributed by atoms with Crippen molar-refractivity contribution in [1.82, 2.24) is 0 Å². The summed E-state index contributed by atoms with van der Waals surface area (Å²) in [5.74, 6) is -1.66. The molecule has 0 aromatic heterocycles. The number of ether oxygens (including phenoxy) is 5. The lowest BCUT2D eigenvalue weighted by Crippen LogP contribution is -2.61. The Hall–Kier alpha value is -6.66. The zero-order valence-electron chi connectivity index (χ0n) is 38.2. The first kappa shape index (κ1) is 47.4. The van der Waals surface area contributed by atoms with E-state index in [1.165, 1.54) is 36.4 Å². The van der Waals surface area contributed by atoms with Gasteiger partial charge in [0.15, 0.2) is 5.78 Å². The number of hydrogen-bond acceptors (Lipinski definition) is 7. The molecule has 0 spiro atoms. The number of Topliss-reactive ketones (excluding diaryl/α,β-unsaturated/α-hetero) is 1. The first-order valence-corrected chi connectivity index (χ1v) is 23.6. The molecule has 2 heterocycles. The van der Waals surface area contributed by atoms with E-state index in [0.717, 1.165) is 33.4 Å². The molecular formula is C59H55F2NO7. The molecule has 2 saturated heterocycles. The number of carbonyl (C=O) groups is 2. The van der Waals surface area contributed by atoms with Gasteiger partial charge in [0.25, 0.3) is 0 Å². The van der Waals surface area contributed by atoms with Crippen LogP contribution in [-0.2, 0) is 61.3 Å². The Morgan fingerprint density at radius 2 is 0.971 bits per heavy atom. The molecule has 7 aromatic rings.